The number of rotatable bonds is 2. The Hall–Kier alpha value is -1.88. The van der Waals surface area contributed by atoms with Crippen molar-refractivity contribution in [3.05, 3.63) is 35.0 Å². The van der Waals surface area contributed by atoms with Crippen LogP contribution in [0.1, 0.15) is 10.5 Å². The fourth-order valence-corrected chi connectivity index (χ4v) is 1.38. The van der Waals surface area contributed by atoms with Crippen molar-refractivity contribution in [1.29, 1.82) is 0 Å². The van der Waals surface area contributed by atoms with Crippen LogP contribution in [0.15, 0.2) is 28.9 Å². The van der Waals surface area contributed by atoms with Crippen molar-refractivity contribution in [1.82, 2.24) is 10.3 Å². The topological polar surface area (TPSA) is 76.2 Å². The smallest absolute Gasteiger partial charge is 0.360 e. The van der Waals surface area contributed by atoms with E-state index in [4.69, 9.17) is 16.7 Å². The van der Waals surface area contributed by atoms with Crippen LogP contribution in [0, 0.1) is 0 Å². The number of halogens is 1. The number of hydrogen-bond acceptors (Lipinski definition) is 4. The number of nitrogens with zero attached hydrogens (tertiary/aromatic N) is 2. The largest absolute Gasteiger partial charge is 0.476 e. The van der Waals surface area contributed by atoms with Gasteiger partial charge in [-0.2, -0.15) is 0 Å². The molecule has 6 heteroatoms. The minimum absolute atomic E-state index is 0.133. The van der Waals surface area contributed by atoms with E-state index in [2.05, 4.69) is 14.9 Å². The Bertz CT molecular complexity index is 510. The van der Waals surface area contributed by atoms with E-state index < -0.39 is 5.97 Å². The first kappa shape index (κ1) is 9.67. The highest BCUT2D eigenvalue weighted by molar-refractivity contribution is 6.33. The van der Waals surface area contributed by atoms with Gasteiger partial charge in [-0.15, -0.1) is 0 Å². The van der Waals surface area contributed by atoms with Crippen molar-refractivity contribution in [3.63, 3.8) is 0 Å². The van der Waals surface area contributed by atoms with E-state index in [1.165, 1.54) is 0 Å². The van der Waals surface area contributed by atoms with E-state index in [9.17, 15) is 4.79 Å². The van der Waals surface area contributed by atoms with E-state index in [1.807, 2.05) is 0 Å². The van der Waals surface area contributed by atoms with Crippen molar-refractivity contribution < 1.29 is 14.5 Å². The van der Waals surface area contributed by atoms with Gasteiger partial charge in [0.2, 0.25) is 5.69 Å². The molecule has 0 aliphatic heterocycles. The minimum atomic E-state index is -1.20. The Morgan fingerprint density at radius 2 is 2.07 bits per heavy atom. The molecule has 0 radical (unpaired) electrons. The first-order valence-electron chi connectivity index (χ1n) is 4.01. The molecule has 76 valence electrons. The van der Waals surface area contributed by atoms with Crippen molar-refractivity contribution in [2.45, 2.75) is 0 Å². The maximum atomic E-state index is 10.8. The molecular formula is C9H5ClN2O3. The van der Waals surface area contributed by atoms with E-state index in [0.29, 0.717) is 10.6 Å². The molecule has 5 nitrogen and oxygen atoms in total. The Morgan fingerprint density at radius 3 is 2.73 bits per heavy atom. The van der Waals surface area contributed by atoms with Crippen molar-refractivity contribution in [2.24, 2.45) is 0 Å². The van der Waals surface area contributed by atoms with Gasteiger partial charge in [0.25, 0.3) is 0 Å². The summed E-state index contributed by atoms with van der Waals surface area (Å²) in [4.78, 5) is 10.8. The summed E-state index contributed by atoms with van der Waals surface area (Å²) in [6.07, 6.45) is 0. The lowest BCUT2D eigenvalue weighted by atomic mass is 10.1. The molecule has 1 aromatic carbocycles. The molecule has 2 aromatic rings. The van der Waals surface area contributed by atoms with Crippen LogP contribution >= 0.6 is 11.6 Å². The average Bonchev–Trinajstić information content (AvgIpc) is 2.67. The zero-order chi connectivity index (χ0) is 10.8. The first-order valence-corrected chi connectivity index (χ1v) is 4.38. The molecule has 0 aliphatic rings. The predicted molar refractivity (Wildman–Crippen MR) is 51.7 cm³/mol. The zero-order valence-corrected chi connectivity index (χ0v) is 8.10. The quantitative estimate of drug-likeness (QED) is 0.845. The van der Waals surface area contributed by atoms with Gasteiger partial charge in [0.05, 0.1) is 5.02 Å². The number of hydrogen-bond donors (Lipinski definition) is 1. The number of aromatic nitrogens is 2. The molecule has 0 bridgehead atoms. The predicted octanol–water partition coefficient (Wildman–Crippen LogP) is 2.09. The lowest BCUT2D eigenvalue weighted by Gasteiger charge is -1.98. The minimum Gasteiger partial charge on any atom is -0.476 e. The lowest BCUT2D eigenvalue weighted by Crippen LogP contribution is -1.99. The van der Waals surface area contributed by atoms with Gasteiger partial charge in [0.15, 0.2) is 5.69 Å². The van der Waals surface area contributed by atoms with Crippen LogP contribution in [0.2, 0.25) is 5.02 Å². The molecule has 0 atom stereocenters. The third kappa shape index (κ3) is 1.69. The summed E-state index contributed by atoms with van der Waals surface area (Å²) in [6, 6.07) is 6.74. The Kier molecular flexibility index (Phi) is 2.39. The second-order valence-electron chi connectivity index (χ2n) is 2.75. The molecule has 0 fully saturated rings. The number of carbonyl (C=O) groups is 1. The van der Waals surface area contributed by atoms with Crippen LogP contribution in [0.3, 0.4) is 0 Å². The first-order chi connectivity index (χ1) is 7.20. The van der Waals surface area contributed by atoms with E-state index in [1.54, 1.807) is 24.3 Å². The molecule has 0 unspecified atom stereocenters. The highest BCUT2D eigenvalue weighted by atomic mass is 35.5. The Morgan fingerprint density at radius 1 is 1.33 bits per heavy atom. The summed E-state index contributed by atoms with van der Waals surface area (Å²) >= 11 is 5.89. The second kappa shape index (κ2) is 3.70. The van der Waals surface area contributed by atoms with Gasteiger partial charge in [-0.05, 0) is 16.4 Å². The van der Waals surface area contributed by atoms with Crippen LogP contribution < -0.4 is 0 Å². The average molecular weight is 225 g/mol. The summed E-state index contributed by atoms with van der Waals surface area (Å²) < 4.78 is 4.38. The summed E-state index contributed by atoms with van der Waals surface area (Å²) in [5.41, 5.74) is 0.369. The standard InChI is InChI=1S/C9H5ClN2O3/c10-6-4-2-1-3-5(6)7-8(9(13)14)12-15-11-7/h1-4H,(H,13,14). The maximum absolute atomic E-state index is 10.8. The van der Waals surface area contributed by atoms with Gasteiger partial charge in [-0.1, -0.05) is 29.8 Å². The van der Waals surface area contributed by atoms with Gasteiger partial charge in [-0.3, -0.25) is 0 Å². The van der Waals surface area contributed by atoms with Crippen LogP contribution in [-0.2, 0) is 0 Å². The highest BCUT2D eigenvalue weighted by Crippen LogP contribution is 2.27. The normalized spacial score (nSPS) is 10.2. The molecule has 0 aliphatic carbocycles. The van der Waals surface area contributed by atoms with Gasteiger partial charge >= 0.3 is 5.97 Å². The van der Waals surface area contributed by atoms with Crippen molar-refractivity contribution in [3.8, 4) is 11.3 Å². The third-order valence-electron chi connectivity index (χ3n) is 1.82. The Balaban J connectivity index is 2.59. The summed E-state index contributed by atoms with van der Waals surface area (Å²) in [5.74, 6) is -1.20. The van der Waals surface area contributed by atoms with Gasteiger partial charge in [0.1, 0.15) is 0 Å². The molecule has 1 heterocycles. The fraction of sp³-hybridized carbons (Fsp3) is 0. The van der Waals surface area contributed by atoms with E-state index in [-0.39, 0.29) is 11.4 Å². The van der Waals surface area contributed by atoms with Crippen LogP contribution in [-0.4, -0.2) is 21.4 Å². The molecule has 15 heavy (non-hydrogen) atoms. The number of aromatic carboxylic acids is 1. The van der Waals surface area contributed by atoms with Gasteiger partial charge in [-0.25, -0.2) is 9.42 Å². The summed E-state index contributed by atoms with van der Waals surface area (Å²) in [7, 11) is 0. The van der Waals surface area contributed by atoms with Crippen LogP contribution in [0.4, 0.5) is 0 Å². The number of carboxylic acid groups (broad SMARTS) is 1. The number of carboxylic acids is 1. The molecule has 0 saturated carbocycles. The van der Waals surface area contributed by atoms with Crippen molar-refractivity contribution >= 4 is 17.6 Å². The Labute approximate surface area is 89.2 Å². The molecule has 0 saturated heterocycles. The summed E-state index contributed by atoms with van der Waals surface area (Å²) in [6.45, 7) is 0. The van der Waals surface area contributed by atoms with Crippen LogP contribution in [0.5, 0.6) is 0 Å². The van der Waals surface area contributed by atoms with E-state index in [0.717, 1.165) is 0 Å². The third-order valence-corrected chi connectivity index (χ3v) is 2.15. The fourth-order valence-electron chi connectivity index (χ4n) is 1.16. The zero-order valence-electron chi connectivity index (χ0n) is 7.35. The lowest BCUT2D eigenvalue weighted by molar-refractivity contribution is 0.0685. The second-order valence-corrected chi connectivity index (χ2v) is 3.15. The van der Waals surface area contributed by atoms with Gasteiger partial charge < -0.3 is 5.11 Å². The van der Waals surface area contributed by atoms with Gasteiger partial charge in [0, 0.05) is 5.56 Å². The SMILES string of the molecule is O=C(O)c1nonc1-c1ccccc1Cl. The highest BCUT2D eigenvalue weighted by Gasteiger charge is 2.20. The molecule has 0 amide bonds. The molecule has 1 aromatic heterocycles. The maximum Gasteiger partial charge on any atom is 0.360 e. The number of benzene rings is 1. The van der Waals surface area contributed by atoms with Crippen molar-refractivity contribution in [2.75, 3.05) is 0 Å². The molecule has 0 spiro atoms. The molecule has 2 rings (SSSR count). The van der Waals surface area contributed by atoms with Crippen LogP contribution in [0.25, 0.3) is 11.3 Å². The molecular weight excluding hydrogens is 220 g/mol. The molecule has 1 N–H and O–H groups in total. The van der Waals surface area contributed by atoms with E-state index >= 15 is 0 Å². The monoisotopic (exact) mass is 224 g/mol. The summed E-state index contributed by atoms with van der Waals surface area (Å²) in [5, 5.41) is 16.0.